The zero-order valence-corrected chi connectivity index (χ0v) is 18.2. The summed E-state index contributed by atoms with van der Waals surface area (Å²) in [5.41, 5.74) is 2.49. The molecule has 9 nitrogen and oxygen atoms in total. The summed E-state index contributed by atoms with van der Waals surface area (Å²) in [6.45, 7) is 8.17. The highest BCUT2D eigenvalue weighted by Crippen LogP contribution is 2.34. The first-order chi connectivity index (χ1) is 14.4. The number of anilines is 3. The Morgan fingerprint density at radius 1 is 1.32 bits per heavy atom. The molecule has 0 spiro atoms. The van der Waals surface area contributed by atoms with Gasteiger partial charge in [0.15, 0.2) is 5.82 Å². The number of hydrogen-bond acceptors (Lipinski definition) is 7. The first-order valence-corrected chi connectivity index (χ1v) is 10.7. The molecule has 2 aliphatic heterocycles. The number of rotatable bonds is 6. The molecule has 1 saturated heterocycles. The molecule has 9 heteroatoms. The fourth-order valence-electron chi connectivity index (χ4n) is 4.23. The zero-order valence-electron chi connectivity index (χ0n) is 18.2. The van der Waals surface area contributed by atoms with E-state index < -0.39 is 0 Å². The second kappa shape index (κ2) is 9.64. The van der Waals surface area contributed by atoms with Crippen LogP contribution in [-0.4, -0.2) is 51.5 Å². The standard InChI is InChI=1S/C21H31N7O2.CH4/c1-13(2)18-20(29)25-17-14(3)24-21(26-19(17)27(18)4)22-9-15-10-23-28(11-15)12-16-7-5-6-8-30-16;/h10-11,13,16,18H,5-9,12H2,1-4H3,(H,25,29)(H,22,24,26);1H4/t16-,18+;/m1./s1. The molecule has 2 N–H and O–H groups in total. The number of aryl methyl sites for hydroxylation is 1. The lowest BCUT2D eigenvalue weighted by molar-refractivity contribution is -0.118. The van der Waals surface area contributed by atoms with Crippen molar-refractivity contribution in [2.45, 2.75) is 72.7 Å². The number of carbonyl (C=O) groups is 1. The number of nitrogens with one attached hydrogen (secondary N) is 2. The minimum absolute atomic E-state index is 0. The molecule has 2 aromatic heterocycles. The maximum absolute atomic E-state index is 12.5. The van der Waals surface area contributed by atoms with Crippen LogP contribution >= 0.6 is 0 Å². The van der Waals surface area contributed by atoms with Crippen LogP contribution in [0.5, 0.6) is 0 Å². The second-order valence-electron chi connectivity index (χ2n) is 8.53. The van der Waals surface area contributed by atoms with Gasteiger partial charge in [0.25, 0.3) is 0 Å². The predicted molar refractivity (Wildman–Crippen MR) is 122 cm³/mol. The third-order valence-electron chi connectivity index (χ3n) is 5.77. The molecule has 0 aliphatic carbocycles. The van der Waals surface area contributed by atoms with E-state index in [4.69, 9.17) is 4.74 Å². The average Bonchev–Trinajstić information content (AvgIpc) is 3.15. The number of likely N-dealkylation sites (N-methyl/N-ethyl adjacent to an activating group) is 1. The molecule has 2 aromatic rings. The van der Waals surface area contributed by atoms with Crippen LogP contribution < -0.4 is 15.5 Å². The van der Waals surface area contributed by atoms with Crippen LogP contribution in [0.3, 0.4) is 0 Å². The number of fused-ring (bicyclic) bond motifs is 1. The summed E-state index contributed by atoms with van der Waals surface area (Å²) in [7, 11) is 1.91. The van der Waals surface area contributed by atoms with Gasteiger partial charge in [0.05, 0.1) is 24.5 Å². The zero-order chi connectivity index (χ0) is 21.3. The number of aromatic nitrogens is 4. The fraction of sp³-hybridized carbons (Fsp3) is 0.636. The van der Waals surface area contributed by atoms with Gasteiger partial charge < -0.3 is 20.3 Å². The minimum Gasteiger partial charge on any atom is -0.376 e. The van der Waals surface area contributed by atoms with E-state index in [2.05, 4.69) is 25.7 Å². The van der Waals surface area contributed by atoms with Crippen LogP contribution in [0, 0.1) is 12.8 Å². The Kier molecular flexibility index (Phi) is 7.15. The molecular weight excluding hydrogens is 394 g/mol. The van der Waals surface area contributed by atoms with Crippen LogP contribution in [0.1, 0.15) is 51.8 Å². The van der Waals surface area contributed by atoms with Crippen molar-refractivity contribution < 1.29 is 9.53 Å². The maximum Gasteiger partial charge on any atom is 0.247 e. The first kappa shape index (κ1) is 23.0. The summed E-state index contributed by atoms with van der Waals surface area (Å²) in [6, 6.07) is -0.250. The van der Waals surface area contributed by atoms with Crippen molar-refractivity contribution in [2.75, 3.05) is 29.2 Å². The first-order valence-electron chi connectivity index (χ1n) is 10.7. The molecule has 0 radical (unpaired) electrons. The van der Waals surface area contributed by atoms with Crippen molar-refractivity contribution >= 4 is 23.4 Å². The Bertz CT molecular complexity index is 905. The average molecular weight is 430 g/mol. The lowest BCUT2D eigenvalue weighted by Crippen LogP contribution is -2.49. The molecule has 0 saturated carbocycles. The summed E-state index contributed by atoms with van der Waals surface area (Å²) >= 11 is 0. The third kappa shape index (κ3) is 4.98. The van der Waals surface area contributed by atoms with Gasteiger partial charge in [-0.15, -0.1) is 0 Å². The van der Waals surface area contributed by atoms with Gasteiger partial charge in [-0.2, -0.15) is 10.1 Å². The predicted octanol–water partition coefficient (Wildman–Crippen LogP) is 3.21. The monoisotopic (exact) mass is 429 g/mol. The van der Waals surface area contributed by atoms with E-state index in [0.29, 0.717) is 18.2 Å². The highest BCUT2D eigenvalue weighted by molar-refractivity contribution is 6.03. The Labute approximate surface area is 184 Å². The maximum atomic E-state index is 12.5. The molecule has 4 rings (SSSR count). The molecule has 1 amide bonds. The van der Waals surface area contributed by atoms with Gasteiger partial charge in [0.1, 0.15) is 11.7 Å². The van der Waals surface area contributed by atoms with E-state index in [-0.39, 0.29) is 31.4 Å². The lowest BCUT2D eigenvalue weighted by Gasteiger charge is -2.36. The van der Waals surface area contributed by atoms with Gasteiger partial charge in [0, 0.05) is 32.0 Å². The van der Waals surface area contributed by atoms with Crippen molar-refractivity contribution in [1.29, 1.82) is 0 Å². The number of amides is 1. The number of nitrogens with zero attached hydrogens (tertiary/aromatic N) is 5. The fourth-order valence-corrected chi connectivity index (χ4v) is 4.23. The minimum atomic E-state index is -0.250. The topological polar surface area (TPSA) is 97.2 Å². The van der Waals surface area contributed by atoms with Crippen LogP contribution in [0.2, 0.25) is 0 Å². The van der Waals surface area contributed by atoms with E-state index >= 15 is 0 Å². The third-order valence-corrected chi connectivity index (χ3v) is 5.77. The van der Waals surface area contributed by atoms with Gasteiger partial charge in [-0.05, 0) is 32.1 Å². The molecule has 1 fully saturated rings. The van der Waals surface area contributed by atoms with Gasteiger partial charge in [0.2, 0.25) is 11.9 Å². The largest absolute Gasteiger partial charge is 0.376 e. The summed E-state index contributed by atoms with van der Waals surface area (Å²) in [4.78, 5) is 23.6. The Morgan fingerprint density at radius 2 is 2.13 bits per heavy atom. The number of ether oxygens (including phenoxy) is 1. The van der Waals surface area contributed by atoms with Crippen molar-refractivity contribution in [1.82, 2.24) is 19.7 Å². The van der Waals surface area contributed by atoms with Crippen molar-refractivity contribution in [3.63, 3.8) is 0 Å². The van der Waals surface area contributed by atoms with Crippen LogP contribution in [0.25, 0.3) is 0 Å². The van der Waals surface area contributed by atoms with Crippen LogP contribution in [0.15, 0.2) is 12.4 Å². The summed E-state index contributed by atoms with van der Waals surface area (Å²) in [6.07, 6.45) is 7.63. The molecule has 31 heavy (non-hydrogen) atoms. The molecule has 0 bridgehead atoms. The number of hydrogen-bond donors (Lipinski definition) is 2. The van der Waals surface area contributed by atoms with E-state index in [1.165, 1.54) is 6.42 Å². The van der Waals surface area contributed by atoms with Gasteiger partial charge in [-0.3, -0.25) is 9.48 Å². The normalized spacial score (nSPS) is 20.8. The molecule has 0 unspecified atom stereocenters. The molecule has 2 aliphatic rings. The summed E-state index contributed by atoms with van der Waals surface area (Å²) in [5, 5.41) is 10.7. The van der Waals surface area contributed by atoms with E-state index in [1.54, 1.807) is 0 Å². The molecule has 170 valence electrons. The van der Waals surface area contributed by atoms with Gasteiger partial charge in [-0.25, -0.2) is 4.98 Å². The second-order valence-corrected chi connectivity index (χ2v) is 8.53. The molecule has 0 aromatic carbocycles. The molecular formula is C22H35N7O2. The van der Waals surface area contributed by atoms with Crippen molar-refractivity contribution in [2.24, 2.45) is 5.92 Å². The highest BCUT2D eigenvalue weighted by Gasteiger charge is 2.35. The van der Waals surface area contributed by atoms with E-state index in [9.17, 15) is 4.79 Å². The van der Waals surface area contributed by atoms with Crippen LogP contribution in [-0.2, 0) is 22.6 Å². The van der Waals surface area contributed by atoms with E-state index in [1.807, 2.05) is 49.8 Å². The summed E-state index contributed by atoms with van der Waals surface area (Å²) < 4.78 is 7.75. The molecule has 4 heterocycles. The Balaban J connectivity index is 0.00000272. The summed E-state index contributed by atoms with van der Waals surface area (Å²) in [5.74, 6) is 1.45. The van der Waals surface area contributed by atoms with Crippen molar-refractivity contribution in [3.05, 3.63) is 23.7 Å². The Morgan fingerprint density at radius 3 is 2.84 bits per heavy atom. The van der Waals surface area contributed by atoms with Gasteiger partial charge in [-0.1, -0.05) is 21.3 Å². The number of carbonyl (C=O) groups excluding carboxylic acids is 1. The lowest BCUT2D eigenvalue weighted by atomic mass is 9.99. The Hall–Kier alpha value is -2.68. The van der Waals surface area contributed by atoms with Crippen LogP contribution in [0.4, 0.5) is 17.5 Å². The molecule has 2 atom stereocenters. The SMILES string of the molecule is C.Cc1nc(NCc2cnn(C[C@H]3CCCCO3)c2)nc2c1NC(=O)[C@H](C(C)C)N2C. The quantitative estimate of drug-likeness (QED) is 0.728. The van der Waals surface area contributed by atoms with Crippen molar-refractivity contribution in [3.8, 4) is 0 Å². The van der Waals surface area contributed by atoms with E-state index in [0.717, 1.165) is 43.1 Å². The van der Waals surface area contributed by atoms with Gasteiger partial charge >= 0.3 is 0 Å². The smallest absolute Gasteiger partial charge is 0.247 e. The highest BCUT2D eigenvalue weighted by atomic mass is 16.5.